The van der Waals surface area contributed by atoms with Crippen molar-refractivity contribution in [2.24, 2.45) is 0 Å². The van der Waals surface area contributed by atoms with E-state index < -0.39 is 15.8 Å². The van der Waals surface area contributed by atoms with Gasteiger partial charge in [-0.25, -0.2) is 13.2 Å². The van der Waals surface area contributed by atoms with Crippen LogP contribution in [0.2, 0.25) is 5.02 Å². The number of aromatic nitrogens is 3. The van der Waals surface area contributed by atoms with Crippen molar-refractivity contribution >= 4 is 38.4 Å². The van der Waals surface area contributed by atoms with Crippen LogP contribution in [0.25, 0.3) is 11.1 Å². The first-order valence-electron chi connectivity index (χ1n) is 9.00. The first-order valence-corrected chi connectivity index (χ1v) is 10.9. The smallest absolute Gasteiger partial charge is 0.408 e. The predicted octanol–water partition coefficient (Wildman–Crippen LogP) is 3.35. The second-order valence-corrected chi connectivity index (χ2v) is 8.72. The highest BCUT2D eigenvalue weighted by molar-refractivity contribution is 7.92. The maximum Gasteiger partial charge on any atom is 0.420 e. The maximum atomic E-state index is 12.8. The molecule has 2 aromatic carbocycles. The first kappa shape index (κ1) is 20.2. The molecule has 0 unspecified atom stereocenters. The fourth-order valence-electron chi connectivity index (χ4n) is 2.91. The van der Waals surface area contributed by atoms with Crippen molar-refractivity contribution < 1.29 is 17.4 Å². The molecule has 0 aliphatic rings. The van der Waals surface area contributed by atoms with E-state index in [1.165, 1.54) is 22.8 Å². The molecule has 0 saturated heterocycles. The Balaban J connectivity index is 1.67. The van der Waals surface area contributed by atoms with Crippen molar-refractivity contribution in [1.82, 2.24) is 14.7 Å². The molecule has 156 valence electrons. The molecule has 0 atom stereocenters. The number of oxazole rings is 1. The van der Waals surface area contributed by atoms with Crippen LogP contribution in [0.15, 0.2) is 55.0 Å². The Hall–Kier alpha value is -3.11. The number of aryl methyl sites for hydroxylation is 2. The van der Waals surface area contributed by atoms with E-state index in [0.717, 1.165) is 5.56 Å². The van der Waals surface area contributed by atoms with Gasteiger partial charge in [-0.1, -0.05) is 29.7 Å². The topological polar surface area (TPSA) is 120 Å². The summed E-state index contributed by atoms with van der Waals surface area (Å²) in [6.45, 7) is 3.76. The van der Waals surface area contributed by atoms with Gasteiger partial charge in [0, 0.05) is 12.5 Å². The van der Waals surface area contributed by atoms with Gasteiger partial charge >= 0.3 is 5.76 Å². The molecule has 0 aliphatic carbocycles. The fraction of sp³-hybridized carbons (Fsp3) is 0.211. The number of nitrogens with one attached hydrogen (secondary N) is 1. The van der Waals surface area contributed by atoms with Crippen molar-refractivity contribution in [1.29, 1.82) is 0 Å². The van der Waals surface area contributed by atoms with E-state index in [9.17, 15) is 13.2 Å². The van der Waals surface area contributed by atoms with Crippen molar-refractivity contribution in [3.8, 4) is 0 Å². The Kier molecular flexibility index (Phi) is 5.12. The first-order chi connectivity index (χ1) is 14.3. The van der Waals surface area contributed by atoms with Gasteiger partial charge in [0.05, 0.1) is 27.7 Å². The predicted molar refractivity (Wildman–Crippen MR) is 110 cm³/mol. The van der Waals surface area contributed by atoms with E-state index in [2.05, 4.69) is 14.9 Å². The second kappa shape index (κ2) is 7.62. The normalized spacial score (nSPS) is 11.8. The van der Waals surface area contributed by atoms with E-state index in [1.807, 2.05) is 13.8 Å². The summed E-state index contributed by atoms with van der Waals surface area (Å²) in [5.74, 6) is 0.126. The summed E-state index contributed by atoms with van der Waals surface area (Å²) < 4.78 is 39.6. The molecule has 0 amide bonds. The molecule has 9 nitrogen and oxygen atoms in total. The van der Waals surface area contributed by atoms with E-state index >= 15 is 0 Å². The third-order valence-corrected chi connectivity index (χ3v) is 6.11. The van der Waals surface area contributed by atoms with Gasteiger partial charge in [-0.05, 0) is 36.8 Å². The number of hydrogen-bond donors (Lipinski definition) is 1. The summed E-state index contributed by atoms with van der Waals surface area (Å²) in [5.41, 5.74) is 1.69. The average Bonchev–Trinajstić information content (AvgIpc) is 3.28. The van der Waals surface area contributed by atoms with Crippen LogP contribution in [-0.2, 0) is 23.0 Å². The summed E-state index contributed by atoms with van der Waals surface area (Å²) in [7, 11) is -3.95. The molecule has 0 aliphatic heterocycles. The molecular formula is C19H17ClN4O5S. The molecular weight excluding hydrogens is 432 g/mol. The zero-order valence-electron chi connectivity index (χ0n) is 16.0. The average molecular weight is 449 g/mol. The number of anilines is 1. The lowest BCUT2D eigenvalue weighted by atomic mass is 10.2. The summed E-state index contributed by atoms with van der Waals surface area (Å²) in [6.07, 6.45) is 0.577. The summed E-state index contributed by atoms with van der Waals surface area (Å²) in [6, 6.07) is 9.14. The third-order valence-electron chi connectivity index (χ3n) is 4.43. The second-order valence-electron chi connectivity index (χ2n) is 6.63. The summed E-state index contributed by atoms with van der Waals surface area (Å²) in [4.78, 5) is 16.4. The number of rotatable bonds is 6. The zero-order chi connectivity index (χ0) is 21.5. The molecule has 0 saturated carbocycles. The highest BCUT2D eigenvalue weighted by Gasteiger charge is 2.20. The van der Waals surface area contributed by atoms with Crippen LogP contribution in [0, 0.1) is 6.92 Å². The minimum absolute atomic E-state index is 0.0403. The van der Waals surface area contributed by atoms with Gasteiger partial charge in [-0.15, -0.1) is 0 Å². The van der Waals surface area contributed by atoms with Crippen LogP contribution in [-0.4, -0.2) is 23.1 Å². The molecule has 4 rings (SSSR count). The van der Waals surface area contributed by atoms with Gasteiger partial charge in [-0.3, -0.25) is 9.29 Å². The Labute approximate surface area is 176 Å². The molecule has 0 bridgehead atoms. The monoisotopic (exact) mass is 448 g/mol. The lowest BCUT2D eigenvalue weighted by Crippen LogP contribution is -2.16. The van der Waals surface area contributed by atoms with E-state index in [-0.39, 0.29) is 27.7 Å². The van der Waals surface area contributed by atoms with Crippen molar-refractivity contribution in [3.05, 3.63) is 69.3 Å². The van der Waals surface area contributed by atoms with Gasteiger partial charge < -0.3 is 8.94 Å². The Morgan fingerprint density at radius 3 is 2.70 bits per heavy atom. The molecule has 30 heavy (non-hydrogen) atoms. The van der Waals surface area contributed by atoms with Crippen LogP contribution in [0.3, 0.4) is 0 Å². The highest BCUT2D eigenvalue weighted by Crippen LogP contribution is 2.27. The molecule has 11 heteroatoms. The van der Waals surface area contributed by atoms with Gasteiger partial charge in [0.2, 0.25) is 5.89 Å². The van der Waals surface area contributed by atoms with Gasteiger partial charge in [0.1, 0.15) is 0 Å². The van der Waals surface area contributed by atoms with Gasteiger partial charge in [-0.2, -0.15) is 4.98 Å². The molecule has 0 radical (unpaired) electrons. The number of nitrogens with zero attached hydrogens (tertiary/aromatic N) is 3. The fourth-order valence-corrected chi connectivity index (χ4v) is 4.34. The third kappa shape index (κ3) is 3.83. The SMILES string of the molecule is CCc1nc(Cn2c(=O)oc3cc(S(=O)(=O)Nc4ccc(C)cc4Cl)ccc32)no1. The van der Waals surface area contributed by atoms with E-state index in [4.69, 9.17) is 20.5 Å². The minimum Gasteiger partial charge on any atom is -0.408 e. The lowest BCUT2D eigenvalue weighted by Gasteiger charge is -2.10. The maximum absolute atomic E-state index is 12.8. The highest BCUT2D eigenvalue weighted by atomic mass is 35.5. The van der Waals surface area contributed by atoms with Crippen LogP contribution < -0.4 is 10.5 Å². The van der Waals surface area contributed by atoms with Crippen molar-refractivity contribution in [3.63, 3.8) is 0 Å². The molecule has 2 heterocycles. The molecule has 2 aromatic heterocycles. The summed E-state index contributed by atoms with van der Waals surface area (Å²) in [5, 5.41) is 4.10. The lowest BCUT2D eigenvalue weighted by molar-refractivity contribution is 0.375. The molecule has 4 aromatic rings. The number of halogens is 1. The number of fused-ring (bicyclic) bond motifs is 1. The van der Waals surface area contributed by atoms with E-state index in [1.54, 1.807) is 18.2 Å². The minimum atomic E-state index is -3.95. The Morgan fingerprint density at radius 1 is 1.20 bits per heavy atom. The molecule has 0 spiro atoms. The Bertz CT molecular complexity index is 1400. The van der Waals surface area contributed by atoms with Crippen molar-refractivity contribution in [2.45, 2.75) is 31.7 Å². The Morgan fingerprint density at radius 2 is 2.00 bits per heavy atom. The van der Waals surface area contributed by atoms with Crippen LogP contribution >= 0.6 is 11.6 Å². The van der Waals surface area contributed by atoms with Gasteiger partial charge in [0.25, 0.3) is 10.0 Å². The number of benzene rings is 2. The van der Waals surface area contributed by atoms with Crippen molar-refractivity contribution in [2.75, 3.05) is 4.72 Å². The summed E-state index contributed by atoms with van der Waals surface area (Å²) >= 11 is 6.12. The molecule has 0 fully saturated rings. The quantitative estimate of drug-likeness (QED) is 0.480. The largest absolute Gasteiger partial charge is 0.420 e. The standard InChI is InChI=1S/C19H17ClN4O5S/c1-3-18-21-17(22-29-18)10-24-15-7-5-12(9-16(15)28-19(24)25)30(26,27)23-14-6-4-11(2)8-13(14)20/h4-9,23H,3,10H2,1-2H3. The number of sulfonamides is 1. The van der Waals surface area contributed by atoms with Crippen LogP contribution in [0.1, 0.15) is 24.2 Å². The van der Waals surface area contributed by atoms with E-state index in [0.29, 0.717) is 23.7 Å². The molecule has 1 N–H and O–H groups in total. The zero-order valence-corrected chi connectivity index (χ0v) is 17.6. The van der Waals surface area contributed by atoms with Crippen LogP contribution in [0.4, 0.5) is 5.69 Å². The number of hydrogen-bond acceptors (Lipinski definition) is 7. The van der Waals surface area contributed by atoms with Crippen LogP contribution in [0.5, 0.6) is 0 Å². The van der Waals surface area contributed by atoms with Gasteiger partial charge in [0.15, 0.2) is 11.4 Å².